The minimum absolute atomic E-state index is 0.334. The Morgan fingerprint density at radius 3 is 2.27 bits per heavy atom. The van der Waals surface area contributed by atoms with Crippen LogP contribution in [-0.2, 0) is 16.4 Å². The topological polar surface area (TPSA) is 49.4 Å². The van der Waals surface area contributed by atoms with E-state index in [0.29, 0.717) is 17.9 Å². The van der Waals surface area contributed by atoms with Gasteiger partial charge in [0.05, 0.1) is 4.90 Å². The molecule has 0 spiro atoms. The largest absolute Gasteiger partial charge is 0.372 e. The second-order valence-corrected chi connectivity index (χ2v) is 8.87. The number of nitrogens with one attached hydrogen (secondary N) is 1. The maximum absolute atomic E-state index is 12.4. The average molecular weight is 373 g/mol. The second kappa shape index (κ2) is 8.23. The molecule has 140 valence electrons. The number of hydrogen-bond donors (Lipinski definition) is 1. The van der Waals surface area contributed by atoms with Crippen LogP contribution in [0.2, 0.25) is 0 Å². The molecule has 1 aliphatic rings. The molecular weight excluding hydrogens is 344 g/mol. The van der Waals surface area contributed by atoms with Gasteiger partial charge in [0.1, 0.15) is 0 Å². The number of piperidine rings is 1. The van der Waals surface area contributed by atoms with Gasteiger partial charge in [0.25, 0.3) is 0 Å². The molecule has 0 saturated carbocycles. The molecule has 4 nitrogen and oxygen atoms in total. The van der Waals surface area contributed by atoms with E-state index in [2.05, 4.69) is 33.9 Å². The van der Waals surface area contributed by atoms with Gasteiger partial charge in [0.15, 0.2) is 0 Å². The third-order valence-corrected chi connectivity index (χ3v) is 6.61. The highest BCUT2D eigenvalue weighted by Crippen LogP contribution is 2.20. The molecular formula is C21H28N2O2S. The molecule has 1 heterocycles. The summed E-state index contributed by atoms with van der Waals surface area (Å²) in [4.78, 5) is 2.76. The highest BCUT2D eigenvalue weighted by molar-refractivity contribution is 7.89. The van der Waals surface area contributed by atoms with Crippen LogP contribution in [0, 0.1) is 13.8 Å². The molecule has 1 N–H and O–H groups in total. The van der Waals surface area contributed by atoms with Crippen LogP contribution in [0.5, 0.6) is 0 Å². The normalized spacial score (nSPS) is 15.2. The van der Waals surface area contributed by atoms with Crippen molar-refractivity contribution in [1.29, 1.82) is 0 Å². The maximum atomic E-state index is 12.4. The molecule has 0 bridgehead atoms. The molecule has 0 aromatic heterocycles. The smallest absolute Gasteiger partial charge is 0.240 e. The third-order valence-electron chi connectivity index (χ3n) is 5.15. The molecule has 2 aromatic rings. The number of hydrogen-bond acceptors (Lipinski definition) is 3. The van der Waals surface area contributed by atoms with Crippen LogP contribution in [0.25, 0.3) is 0 Å². The minimum atomic E-state index is -3.45. The first-order valence-electron chi connectivity index (χ1n) is 9.36. The lowest BCUT2D eigenvalue weighted by Gasteiger charge is -2.28. The van der Waals surface area contributed by atoms with E-state index in [0.717, 1.165) is 29.8 Å². The molecule has 1 aliphatic heterocycles. The molecule has 3 rings (SSSR count). The minimum Gasteiger partial charge on any atom is -0.372 e. The molecule has 1 fully saturated rings. The van der Waals surface area contributed by atoms with Crippen molar-refractivity contribution in [2.45, 2.75) is 44.4 Å². The van der Waals surface area contributed by atoms with Crippen molar-refractivity contribution in [2.24, 2.45) is 0 Å². The Morgan fingerprint density at radius 1 is 0.923 bits per heavy atom. The van der Waals surface area contributed by atoms with Gasteiger partial charge in [-0.05, 0) is 80.5 Å². The highest BCUT2D eigenvalue weighted by atomic mass is 32.2. The third kappa shape index (κ3) is 4.65. The summed E-state index contributed by atoms with van der Waals surface area (Å²) in [6, 6.07) is 13.8. The van der Waals surface area contributed by atoms with Crippen molar-refractivity contribution in [1.82, 2.24) is 4.72 Å². The van der Waals surface area contributed by atoms with Gasteiger partial charge < -0.3 is 4.90 Å². The van der Waals surface area contributed by atoms with E-state index in [4.69, 9.17) is 0 Å². The lowest BCUT2D eigenvalue weighted by molar-refractivity contribution is 0.577. The van der Waals surface area contributed by atoms with Crippen molar-refractivity contribution >= 4 is 15.7 Å². The monoisotopic (exact) mass is 372 g/mol. The van der Waals surface area contributed by atoms with E-state index in [9.17, 15) is 8.42 Å². The summed E-state index contributed by atoms with van der Waals surface area (Å²) in [5, 5.41) is 0. The molecule has 0 radical (unpaired) electrons. The molecule has 0 unspecified atom stereocenters. The van der Waals surface area contributed by atoms with Crippen molar-refractivity contribution in [3.63, 3.8) is 0 Å². The Morgan fingerprint density at radius 2 is 1.62 bits per heavy atom. The number of aryl methyl sites for hydroxylation is 2. The van der Waals surface area contributed by atoms with Crippen LogP contribution < -0.4 is 9.62 Å². The number of sulfonamides is 1. The van der Waals surface area contributed by atoms with E-state index in [-0.39, 0.29) is 0 Å². The van der Waals surface area contributed by atoms with Crippen molar-refractivity contribution < 1.29 is 8.42 Å². The van der Waals surface area contributed by atoms with Crippen LogP contribution in [-0.4, -0.2) is 28.1 Å². The summed E-state index contributed by atoms with van der Waals surface area (Å²) in [6.45, 7) is 6.58. The van der Waals surface area contributed by atoms with Crippen molar-refractivity contribution in [2.75, 3.05) is 24.5 Å². The first kappa shape index (κ1) is 18.9. The molecule has 5 heteroatoms. The quantitative estimate of drug-likeness (QED) is 0.839. The van der Waals surface area contributed by atoms with E-state index < -0.39 is 10.0 Å². The first-order chi connectivity index (χ1) is 12.5. The summed E-state index contributed by atoms with van der Waals surface area (Å²) in [5.74, 6) is 0. The van der Waals surface area contributed by atoms with Gasteiger partial charge in [-0.3, -0.25) is 0 Å². The van der Waals surface area contributed by atoms with E-state index >= 15 is 0 Å². The summed E-state index contributed by atoms with van der Waals surface area (Å²) in [7, 11) is -3.45. The number of benzene rings is 2. The van der Waals surface area contributed by atoms with E-state index in [1.807, 2.05) is 19.9 Å². The summed E-state index contributed by atoms with van der Waals surface area (Å²) >= 11 is 0. The molecule has 26 heavy (non-hydrogen) atoms. The first-order valence-corrected chi connectivity index (χ1v) is 10.8. The zero-order chi connectivity index (χ0) is 18.6. The Balaban J connectivity index is 1.56. The van der Waals surface area contributed by atoms with Crippen molar-refractivity contribution in [3.8, 4) is 0 Å². The second-order valence-electron chi connectivity index (χ2n) is 7.11. The fraction of sp³-hybridized carbons (Fsp3) is 0.429. The number of rotatable bonds is 6. The standard InChI is InChI=1S/C21H28N2O2S/c1-17-6-11-21(16-18(17)2)26(24,25)22-13-12-19-7-9-20(10-8-19)23-14-4-3-5-15-23/h6-11,16,22H,3-5,12-15H2,1-2H3. The molecule has 2 aromatic carbocycles. The van der Waals surface area contributed by atoms with Gasteiger partial charge in [-0.2, -0.15) is 0 Å². The molecule has 1 saturated heterocycles. The lowest BCUT2D eigenvalue weighted by atomic mass is 10.1. The Bertz CT molecular complexity index is 839. The predicted molar refractivity (Wildman–Crippen MR) is 107 cm³/mol. The Hall–Kier alpha value is -1.85. The SMILES string of the molecule is Cc1ccc(S(=O)(=O)NCCc2ccc(N3CCCCC3)cc2)cc1C. The van der Waals surface area contributed by atoms with E-state index in [1.54, 1.807) is 12.1 Å². The van der Waals surface area contributed by atoms with Crippen molar-refractivity contribution in [3.05, 3.63) is 59.2 Å². The Labute approximate surface area is 157 Å². The lowest BCUT2D eigenvalue weighted by Crippen LogP contribution is -2.29. The van der Waals surface area contributed by atoms with Gasteiger partial charge >= 0.3 is 0 Å². The number of nitrogens with zero attached hydrogens (tertiary/aromatic N) is 1. The number of anilines is 1. The van der Waals surface area contributed by atoms with Gasteiger partial charge in [0.2, 0.25) is 10.0 Å². The average Bonchev–Trinajstić information content (AvgIpc) is 2.65. The van der Waals surface area contributed by atoms with Gasteiger partial charge in [-0.1, -0.05) is 18.2 Å². The van der Waals surface area contributed by atoms with Crippen LogP contribution in [0.1, 0.15) is 36.0 Å². The summed E-state index contributed by atoms with van der Waals surface area (Å²) in [5.41, 5.74) is 4.50. The zero-order valence-corrected chi connectivity index (χ0v) is 16.5. The summed E-state index contributed by atoms with van der Waals surface area (Å²) < 4.78 is 27.6. The van der Waals surface area contributed by atoms with Crippen LogP contribution in [0.3, 0.4) is 0 Å². The van der Waals surface area contributed by atoms with Crippen LogP contribution in [0.4, 0.5) is 5.69 Å². The molecule has 0 amide bonds. The van der Waals surface area contributed by atoms with E-state index in [1.165, 1.54) is 24.9 Å². The van der Waals surface area contributed by atoms with Crippen LogP contribution >= 0.6 is 0 Å². The van der Waals surface area contributed by atoms with Gasteiger partial charge in [0, 0.05) is 25.3 Å². The molecule has 0 aliphatic carbocycles. The van der Waals surface area contributed by atoms with Gasteiger partial charge in [-0.25, -0.2) is 13.1 Å². The van der Waals surface area contributed by atoms with Gasteiger partial charge in [-0.15, -0.1) is 0 Å². The fourth-order valence-electron chi connectivity index (χ4n) is 3.32. The Kier molecular flexibility index (Phi) is 5.99. The predicted octanol–water partition coefficient (Wildman–Crippen LogP) is 3.81. The highest BCUT2D eigenvalue weighted by Gasteiger charge is 2.14. The molecule has 0 atom stereocenters. The summed E-state index contributed by atoms with van der Waals surface area (Å²) in [6.07, 6.45) is 4.55. The fourth-order valence-corrected chi connectivity index (χ4v) is 4.44. The maximum Gasteiger partial charge on any atom is 0.240 e. The van der Waals surface area contributed by atoms with Crippen LogP contribution in [0.15, 0.2) is 47.4 Å². The zero-order valence-electron chi connectivity index (χ0n) is 15.7.